The van der Waals surface area contributed by atoms with Crippen LogP contribution in [0.1, 0.15) is 34.6 Å². The Kier molecular flexibility index (Phi) is 11.3. The van der Waals surface area contributed by atoms with Crippen LogP contribution in [0.5, 0.6) is 0 Å². The van der Waals surface area contributed by atoms with Crippen molar-refractivity contribution in [2.24, 2.45) is 5.73 Å². The topological polar surface area (TPSA) is 68.6 Å². The third kappa shape index (κ3) is 7.33. The van der Waals surface area contributed by atoms with Gasteiger partial charge in [0.05, 0.1) is 0 Å². The van der Waals surface area contributed by atoms with Crippen LogP contribution in [0.15, 0.2) is 0 Å². The number of rotatable bonds is 14. The lowest BCUT2D eigenvalue weighted by molar-refractivity contribution is -0.0179. The van der Waals surface area contributed by atoms with Crippen molar-refractivity contribution in [3.05, 3.63) is 0 Å². The van der Waals surface area contributed by atoms with Crippen LogP contribution in [0.2, 0.25) is 0 Å². The van der Waals surface area contributed by atoms with E-state index in [2.05, 4.69) is 81.5 Å². The maximum atomic E-state index is 5.44. The van der Waals surface area contributed by atoms with E-state index >= 15 is 0 Å². The molecule has 0 aromatic carbocycles. The Hall–Kier alpha value is -0.240. The molecule has 5 N–H and O–H groups in total. The predicted molar refractivity (Wildman–Crippen MR) is 107 cm³/mol. The lowest BCUT2D eigenvalue weighted by atomic mass is 9.79. The first kappa shape index (κ1) is 23.8. The van der Waals surface area contributed by atoms with Gasteiger partial charge in [0.1, 0.15) is 0 Å². The van der Waals surface area contributed by atoms with Crippen molar-refractivity contribution in [1.82, 2.24) is 25.8 Å². The molecule has 0 aromatic heterocycles. The molecule has 0 aliphatic carbocycles. The first-order chi connectivity index (χ1) is 11.1. The molecule has 0 radical (unpaired) electrons. The molecule has 0 aliphatic rings. The summed E-state index contributed by atoms with van der Waals surface area (Å²) in [5, 5.41) is 10.3. The maximum absolute atomic E-state index is 5.44. The van der Waals surface area contributed by atoms with E-state index in [4.69, 9.17) is 5.73 Å². The average molecular weight is 345 g/mol. The fourth-order valence-electron chi connectivity index (χ4n) is 2.68. The molecule has 0 saturated carbocycles. The van der Waals surface area contributed by atoms with Gasteiger partial charge in [-0.05, 0) is 55.8 Å². The Morgan fingerprint density at radius 2 is 1.25 bits per heavy atom. The molecular formula is C18H44N6. The zero-order valence-corrected chi connectivity index (χ0v) is 17.5. The minimum absolute atomic E-state index is 0.0739. The number of likely N-dealkylation sites (N-methyl/N-ethyl adjacent to an activating group) is 2. The van der Waals surface area contributed by atoms with Crippen molar-refractivity contribution < 1.29 is 0 Å². The number of hydrogen-bond acceptors (Lipinski definition) is 6. The smallest absolute Gasteiger partial charge is 0.0331 e. The van der Waals surface area contributed by atoms with Crippen molar-refractivity contribution in [2.75, 3.05) is 67.0 Å². The van der Waals surface area contributed by atoms with Gasteiger partial charge in [-0.15, -0.1) is 0 Å². The highest BCUT2D eigenvalue weighted by atomic mass is 15.3. The summed E-state index contributed by atoms with van der Waals surface area (Å²) < 4.78 is 0. The van der Waals surface area contributed by atoms with E-state index in [1.54, 1.807) is 0 Å². The molecular weight excluding hydrogens is 300 g/mol. The van der Waals surface area contributed by atoms with Gasteiger partial charge in [-0.2, -0.15) is 0 Å². The lowest BCUT2D eigenvalue weighted by Gasteiger charge is -2.53. The second kappa shape index (κ2) is 11.4. The van der Waals surface area contributed by atoms with Crippen LogP contribution in [-0.2, 0) is 0 Å². The first-order valence-electron chi connectivity index (χ1n) is 9.31. The largest absolute Gasteiger partial charge is 0.329 e. The molecule has 0 heterocycles. The second-order valence-electron chi connectivity index (χ2n) is 7.97. The first-order valence-corrected chi connectivity index (χ1v) is 9.31. The van der Waals surface area contributed by atoms with Crippen molar-refractivity contribution in [1.29, 1.82) is 0 Å². The molecule has 6 nitrogen and oxygen atoms in total. The van der Waals surface area contributed by atoms with Gasteiger partial charge in [-0.1, -0.05) is 0 Å². The van der Waals surface area contributed by atoms with E-state index in [0.29, 0.717) is 12.6 Å². The number of nitrogens with one attached hydrogen (secondary N) is 3. The molecule has 0 amide bonds. The Labute approximate surface area is 150 Å². The van der Waals surface area contributed by atoms with Gasteiger partial charge >= 0.3 is 0 Å². The Morgan fingerprint density at radius 3 is 1.71 bits per heavy atom. The summed E-state index contributed by atoms with van der Waals surface area (Å²) in [6, 6.07) is 0.477. The predicted octanol–water partition coefficient (Wildman–Crippen LogP) is 0.153. The molecule has 1 unspecified atom stereocenters. The molecule has 0 aromatic rings. The monoisotopic (exact) mass is 344 g/mol. The molecule has 0 spiro atoms. The van der Waals surface area contributed by atoms with Crippen LogP contribution in [-0.4, -0.2) is 93.9 Å². The molecule has 0 rings (SSSR count). The van der Waals surface area contributed by atoms with Gasteiger partial charge in [0, 0.05) is 62.9 Å². The molecule has 0 aliphatic heterocycles. The van der Waals surface area contributed by atoms with Gasteiger partial charge < -0.3 is 26.6 Å². The van der Waals surface area contributed by atoms with E-state index < -0.39 is 0 Å². The quantitative estimate of drug-likeness (QED) is 0.337. The SMILES string of the molecule is CC(CNCCNCCNCCN)N(C)C(C)(C)C(C)(C)N(C)C. The molecule has 0 saturated heterocycles. The number of nitrogens with two attached hydrogens (primary N) is 1. The molecule has 0 fully saturated rings. The fraction of sp³-hybridized carbons (Fsp3) is 1.00. The molecule has 1 atom stereocenters. The van der Waals surface area contributed by atoms with E-state index in [9.17, 15) is 0 Å². The van der Waals surface area contributed by atoms with Crippen LogP contribution in [0.4, 0.5) is 0 Å². The summed E-state index contributed by atoms with van der Waals surface area (Å²) in [6.45, 7) is 18.1. The van der Waals surface area contributed by atoms with Crippen LogP contribution in [0.3, 0.4) is 0 Å². The Balaban J connectivity index is 4.05. The standard InChI is InChI=1S/C18H44N6/c1-16(15-22-14-13-21-12-11-20-10-9-19)24(8)18(4,5)17(2,3)23(6)7/h16,20-22H,9-15,19H2,1-8H3. The average Bonchev–Trinajstić information content (AvgIpc) is 2.51. The summed E-state index contributed by atoms with van der Waals surface area (Å²) in [4.78, 5) is 4.80. The highest BCUT2D eigenvalue weighted by Crippen LogP contribution is 2.32. The summed E-state index contributed by atoms with van der Waals surface area (Å²) in [7, 11) is 6.55. The maximum Gasteiger partial charge on any atom is 0.0331 e. The molecule has 24 heavy (non-hydrogen) atoms. The van der Waals surface area contributed by atoms with E-state index in [-0.39, 0.29) is 11.1 Å². The highest BCUT2D eigenvalue weighted by Gasteiger charge is 2.43. The minimum Gasteiger partial charge on any atom is -0.329 e. The number of nitrogens with zero attached hydrogens (tertiary/aromatic N) is 2. The Morgan fingerprint density at radius 1 is 0.792 bits per heavy atom. The molecule has 0 bridgehead atoms. The van der Waals surface area contributed by atoms with E-state index in [0.717, 1.165) is 39.3 Å². The highest BCUT2D eigenvalue weighted by molar-refractivity contribution is 5.01. The number of hydrogen-bond donors (Lipinski definition) is 4. The summed E-state index contributed by atoms with van der Waals surface area (Å²) in [5.74, 6) is 0. The van der Waals surface area contributed by atoms with Gasteiger partial charge in [-0.3, -0.25) is 4.90 Å². The molecule has 6 heteroatoms. The molecule has 146 valence electrons. The van der Waals surface area contributed by atoms with Gasteiger partial charge in [0.25, 0.3) is 0 Å². The van der Waals surface area contributed by atoms with Crippen LogP contribution >= 0.6 is 0 Å². The second-order valence-corrected chi connectivity index (χ2v) is 7.97. The van der Waals surface area contributed by atoms with Gasteiger partial charge in [0.15, 0.2) is 0 Å². The minimum atomic E-state index is 0.0739. The normalized spacial score (nSPS) is 14.6. The zero-order valence-electron chi connectivity index (χ0n) is 17.5. The van der Waals surface area contributed by atoms with Crippen molar-refractivity contribution >= 4 is 0 Å². The summed E-state index contributed by atoms with van der Waals surface area (Å²) in [5.41, 5.74) is 5.60. The fourth-order valence-corrected chi connectivity index (χ4v) is 2.68. The van der Waals surface area contributed by atoms with Crippen molar-refractivity contribution in [2.45, 2.75) is 51.7 Å². The van der Waals surface area contributed by atoms with E-state index in [1.807, 2.05) is 0 Å². The van der Waals surface area contributed by atoms with Crippen LogP contribution in [0.25, 0.3) is 0 Å². The van der Waals surface area contributed by atoms with Gasteiger partial charge in [-0.25, -0.2) is 0 Å². The van der Waals surface area contributed by atoms with Crippen LogP contribution in [0, 0.1) is 0 Å². The van der Waals surface area contributed by atoms with Crippen molar-refractivity contribution in [3.8, 4) is 0 Å². The third-order valence-corrected chi connectivity index (χ3v) is 5.88. The Bertz CT molecular complexity index is 317. The summed E-state index contributed by atoms with van der Waals surface area (Å²) in [6.07, 6.45) is 0. The van der Waals surface area contributed by atoms with Crippen LogP contribution < -0.4 is 21.7 Å². The van der Waals surface area contributed by atoms with Crippen molar-refractivity contribution in [3.63, 3.8) is 0 Å². The summed E-state index contributed by atoms with van der Waals surface area (Å²) >= 11 is 0. The van der Waals surface area contributed by atoms with Gasteiger partial charge in [0.2, 0.25) is 0 Å². The zero-order chi connectivity index (χ0) is 18.8. The third-order valence-electron chi connectivity index (χ3n) is 5.88. The lowest BCUT2D eigenvalue weighted by Crippen LogP contribution is -2.65. The van der Waals surface area contributed by atoms with E-state index in [1.165, 1.54) is 0 Å².